The Bertz CT molecular complexity index is 268. The predicted molar refractivity (Wildman–Crippen MR) is 56.5 cm³/mol. The lowest BCUT2D eigenvalue weighted by molar-refractivity contribution is 0.0808. The van der Waals surface area contributed by atoms with Crippen LogP contribution in [0.15, 0.2) is 12.4 Å². The topological polar surface area (TPSA) is 58.1 Å². The monoisotopic (exact) mass is 210 g/mol. The minimum Gasteiger partial charge on any atom is -0.393 e. The molecule has 0 saturated carbocycles. The molecule has 4 heteroatoms. The van der Waals surface area contributed by atoms with E-state index in [0.29, 0.717) is 12.5 Å². The number of aromatic nitrogens is 2. The van der Waals surface area contributed by atoms with Gasteiger partial charge in [0.05, 0.1) is 12.2 Å². The molecule has 1 fully saturated rings. The molecule has 2 N–H and O–H groups in total. The van der Waals surface area contributed by atoms with E-state index in [4.69, 9.17) is 4.74 Å². The van der Waals surface area contributed by atoms with Crippen LogP contribution in [0.25, 0.3) is 0 Å². The van der Waals surface area contributed by atoms with Crippen LogP contribution in [0.2, 0.25) is 0 Å². The number of ether oxygens (including phenoxy) is 1. The van der Waals surface area contributed by atoms with Crippen LogP contribution >= 0.6 is 0 Å². The number of aliphatic hydroxyl groups is 1. The van der Waals surface area contributed by atoms with Crippen LogP contribution in [0.4, 0.5) is 0 Å². The van der Waals surface area contributed by atoms with Gasteiger partial charge in [-0.3, -0.25) is 0 Å². The minimum atomic E-state index is -0.305. The summed E-state index contributed by atoms with van der Waals surface area (Å²) in [6, 6.07) is 0. The summed E-state index contributed by atoms with van der Waals surface area (Å²) in [6.07, 6.45) is 8.24. The number of H-pyrrole nitrogens is 1. The molecule has 1 aliphatic heterocycles. The summed E-state index contributed by atoms with van der Waals surface area (Å²) >= 11 is 0. The summed E-state index contributed by atoms with van der Waals surface area (Å²) in [7, 11) is 0. The van der Waals surface area contributed by atoms with Gasteiger partial charge in [0.15, 0.2) is 0 Å². The summed E-state index contributed by atoms with van der Waals surface area (Å²) in [4.78, 5) is 7.08. The molecule has 0 aliphatic carbocycles. The molecule has 2 rings (SSSR count). The molecular weight excluding hydrogens is 192 g/mol. The van der Waals surface area contributed by atoms with Gasteiger partial charge in [-0.2, -0.15) is 0 Å². The Morgan fingerprint density at radius 1 is 1.67 bits per heavy atom. The van der Waals surface area contributed by atoms with E-state index in [9.17, 15) is 5.11 Å². The molecule has 15 heavy (non-hydrogen) atoms. The molecule has 0 spiro atoms. The molecule has 0 radical (unpaired) electrons. The molecule has 0 bridgehead atoms. The first-order chi connectivity index (χ1) is 7.34. The van der Waals surface area contributed by atoms with Crippen LogP contribution in [0.3, 0.4) is 0 Å². The van der Waals surface area contributed by atoms with Gasteiger partial charge in [-0.1, -0.05) is 0 Å². The highest BCUT2D eigenvalue weighted by molar-refractivity contribution is 4.89. The van der Waals surface area contributed by atoms with Gasteiger partial charge >= 0.3 is 0 Å². The van der Waals surface area contributed by atoms with E-state index in [-0.39, 0.29) is 6.10 Å². The zero-order valence-corrected chi connectivity index (χ0v) is 8.85. The fraction of sp³-hybridized carbons (Fsp3) is 0.727. The van der Waals surface area contributed by atoms with Gasteiger partial charge in [0.25, 0.3) is 0 Å². The lowest BCUT2D eigenvalue weighted by Crippen LogP contribution is -2.15. The Morgan fingerprint density at radius 2 is 2.60 bits per heavy atom. The van der Waals surface area contributed by atoms with Crippen molar-refractivity contribution in [1.82, 2.24) is 9.97 Å². The first-order valence-corrected chi connectivity index (χ1v) is 5.62. The molecule has 2 heterocycles. The number of hydrogen-bond donors (Lipinski definition) is 2. The van der Waals surface area contributed by atoms with Crippen molar-refractivity contribution in [2.24, 2.45) is 0 Å². The number of rotatable bonds is 5. The van der Waals surface area contributed by atoms with Gasteiger partial charge in [0, 0.05) is 25.4 Å². The number of aromatic amines is 1. The maximum absolute atomic E-state index is 9.77. The SMILES string of the molecule is OC(CCC1CCCO1)Cc1ncc[nH]1. The number of hydrogen-bond acceptors (Lipinski definition) is 3. The van der Waals surface area contributed by atoms with Crippen molar-refractivity contribution < 1.29 is 9.84 Å². The van der Waals surface area contributed by atoms with Crippen LogP contribution in [0.1, 0.15) is 31.5 Å². The third-order valence-corrected chi connectivity index (χ3v) is 2.83. The van der Waals surface area contributed by atoms with Crippen LogP contribution in [0.5, 0.6) is 0 Å². The number of nitrogens with zero attached hydrogens (tertiary/aromatic N) is 1. The first kappa shape index (κ1) is 10.6. The molecule has 1 aromatic rings. The third kappa shape index (κ3) is 3.32. The Hall–Kier alpha value is -0.870. The van der Waals surface area contributed by atoms with E-state index < -0.39 is 0 Å². The van der Waals surface area contributed by atoms with Crippen LogP contribution < -0.4 is 0 Å². The van der Waals surface area contributed by atoms with Crippen LogP contribution in [0, 0.1) is 0 Å². The molecule has 4 nitrogen and oxygen atoms in total. The largest absolute Gasteiger partial charge is 0.393 e. The Balaban J connectivity index is 1.66. The molecule has 1 saturated heterocycles. The molecular formula is C11H18N2O2. The maximum Gasteiger partial charge on any atom is 0.108 e. The second-order valence-electron chi connectivity index (χ2n) is 4.11. The fourth-order valence-corrected chi connectivity index (χ4v) is 1.99. The molecule has 2 unspecified atom stereocenters. The fourth-order valence-electron chi connectivity index (χ4n) is 1.99. The normalized spacial score (nSPS) is 23.1. The second-order valence-corrected chi connectivity index (χ2v) is 4.11. The average Bonchev–Trinajstić information content (AvgIpc) is 2.86. The summed E-state index contributed by atoms with van der Waals surface area (Å²) in [5.41, 5.74) is 0. The summed E-state index contributed by atoms with van der Waals surface area (Å²) in [6.45, 7) is 0.888. The van der Waals surface area contributed by atoms with Crippen molar-refractivity contribution in [3.8, 4) is 0 Å². The Kier molecular flexibility index (Phi) is 3.75. The number of imidazole rings is 1. The first-order valence-electron chi connectivity index (χ1n) is 5.62. The summed E-state index contributed by atoms with van der Waals surface area (Å²) in [5, 5.41) is 9.77. The van der Waals surface area contributed by atoms with E-state index in [1.807, 2.05) is 0 Å². The summed E-state index contributed by atoms with van der Waals surface area (Å²) < 4.78 is 5.50. The smallest absolute Gasteiger partial charge is 0.108 e. The van der Waals surface area contributed by atoms with Gasteiger partial charge in [0.2, 0.25) is 0 Å². The average molecular weight is 210 g/mol. The molecule has 84 valence electrons. The van der Waals surface area contributed by atoms with Gasteiger partial charge in [-0.25, -0.2) is 4.98 Å². The van der Waals surface area contributed by atoms with E-state index in [1.165, 1.54) is 6.42 Å². The van der Waals surface area contributed by atoms with Gasteiger partial charge in [-0.15, -0.1) is 0 Å². The van der Waals surface area contributed by atoms with Crippen LogP contribution in [-0.4, -0.2) is 33.9 Å². The zero-order chi connectivity index (χ0) is 10.5. The second kappa shape index (κ2) is 5.28. The van der Waals surface area contributed by atoms with Crippen molar-refractivity contribution in [1.29, 1.82) is 0 Å². The van der Waals surface area contributed by atoms with E-state index in [2.05, 4.69) is 9.97 Å². The number of nitrogens with one attached hydrogen (secondary N) is 1. The lowest BCUT2D eigenvalue weighted by atomic mass is 10.1. The highest BCUT2D eigenvalue weighted by Gasteiger charge is 2.17. The molecule has 1 aromatic heterocycles. The molecule has 2 atom stereocenters. The van der Waals surface area contributed by atoms with Crippen molar-refractivity contribution in [2.45, 2.75) is 44.3 Å². The predicted octanol–water partition coefficient (Wildman–Crippen LogP) is 1.27. The molecule has 0 amide bonds. The molecule has 0 aromatic carbocycles. The summed E-state index contributed by atoms with van der Waals surface area (Å²) in [5.74, 6) is 0.856. The van der Waals surface area contributed by atoms with Gasteiger partial charge in [-0.05, 0) is 25.7 Å². The van der Waals surface area contributed by atoms with Crippen molar-refractivity contribution >= 4 is 0 Å². The highest BCUT2D eigenvalue weighted by Crippen LogP contribution is 2.18. The number of aliphatic hydroxyl groups excluding tert-OH is 1. The quantitative estimate of drug-likeness (QED) is 0.769. The van der Waals surface area contributed by atoms with Gasteiger partial charge in [0.1, 0.15) is 5.82 Å². The minimum absolute atomic E-state index is 0.305. The van der Waals surface area contributed by atoms with Crippen LogP contribution in [-0.2, 0) is 11.2 Å². The van der Waals surface area contributed by atoms with E-state index in [1.54, 1.807) is 12.4 Å². The van der Waals surface area contributed by atoms with Gasteiger partial charge < -0.3 is 14.8 Å². The third-order valence-electron chi connectivity index (χ3n) is 2.83. The molecule has 1 aliphatic rings. The Labute approximate surface area is 89.7 Å². The Morgan fingerprint density at radius 3 is 3.27 bits per heavy atom. The van der Waals surface area contributed by atoms with Crippen molar-refractivity contribution in [2.75, 3.05) is 6.61 Å². The van der Waals surface area contributed by atoms with E-state index >= 15 is 0 Å². The lowest BCUT2D eigenvalue weighted by Gasteiger charge is -2.12. The maximum atomic E-state index is 9.77. The highest BCUT2D eigenvalue weighted by atomic mass is 16.5. The standard InChI is InChI=1S/C11H18N2O2/c14-9(8-11-12-5-6-13-11)3-4-10-2-1-7-15-10/h5-6,9-10,14H,1-4,7-8H2,(H,12,13). The van der Waals surface area contributed by atoms with E-state index in [0.717, 1.165) is 31.7 Å². The van der Waals surface area contributed by atoms with Crippen molar-refractivity contribution in [3.05, 3.63) is 18.2 Å². The zero-order valence-electron chi connectivity index (χ0n) is 8.85. The van der Waals surface area contributed by atoms with Crippen molar-refractivity contribution in [3.63, 3.8) is 0 Å².